The van der Waals surface area contributed by atoms with Gasteiger partial charge in [0.1, 0.15) is 0 Å². The number of sulfonamides is 1. The average Bonchev–Trinajstić information content (AvgIpc) is 2.52. The molecule has 5 nitrogen and oxygen atoms in total. The smallest absolute Gasteiger partial charge is 0.307 e. The van der Waals surface area contributed by atoms with E-state index >= 15 is 0 Å². The zero-order valence-corrected chi connectivity index (χ0v) is 16.9. The molecule has 0 radical (unpaired) electrons. The number of aliphatic carboxylic acids is 1. The van der Waals surface area contributed by atoms with Gasteiger partial charge in [0.25, 0.3) is 0 Å². The summed E-state index contributed by atoms with van der Waals surface area (Å²) in [6, 6.07) is 12.0. The molecule has 0 heterocycles. The molecule has 0 amide bonds. The molecule has 0 aliphatic heterocycles. The summed E-state index contributed by atoms with van der Waals surface area (Å²) in [6.07, 6.45) is 4.49. The molecular formula is C19H19Cl2NO4S. The minimum atomic E-state index is -3.46. The van der Waals surface area contributed by atoms with Gasteiger partial charge in [0.15, 0.2) is 0 Å². The summed E-state index contributed by atoms with van der Waals surface area (Å²) < 4.78 is 25.5. The lowest BCUT2D eigenvalue weighted by Gasteiger charge is -2.18. The zero-order valence-electron chi connectivity index (χ0n) is 14.6. The van der Waals surface area contributed by atoms with E-state index in [-0.39, 0.29) is 19.5 Å². The number of carboxylic acid groups (broad SMARTS) is 1. The Balaban J connectivity index is 2.14. The molecule has 0 saturated carbocycles. The standard InChI is InChI=1S/C19H19Cl2NO4S/c1-27(25,26)22(7-3-6-15-9-17(20)12-18(21)10-15)13-16-5-2-4-14(8-16)11-19(23)24/h2-6,8-10,12H,7,11,13H2,1H3,(H,23,24). The van der Waals surface area contributed by atoms with Gasteiger partial charge >= 0.3 is 5.97 Å². The van der Waals surface area contributed by atoms with Crippen molar-refractivity contribution in [3.05, 3.63) is 75.3 Å². The Kier molecular flexibility index (Phi) is 7.44. The quantitative estimate of drug-likeness (QED) is 0.687. The van der Waals surface area contributed by atoms with Gasteiger partial charge < -0.3 is 5.11 Å². The molecule has 1 N–H and O–H groups in total. The third-order valence-electron chi connectivity index (χ3n) is 3.68. The van der Waals surface area contributed by atoms with Gasteiger partial charge in [-0.25, -0.2) is 8.42 Å². The number of rotatable bonds is 8. The van der Waals surface area contributed by atoms with Crippen LogP contribution in [0.1, 0.15) is 16.7 Å². The van der Waals surface area contributed by atoms with Gasteiger partial charge in [0.05, 0.1) is 12.7 Å². The third kappa shape index (κ3) is 7.34. The number of nitrogens with zero attached hydrogens (tertiary/aromatic N) is 1. The van der Waals surface area contributed by atoms with E-state index in [1.165, 1.54) is 4.31 Å². The van der Waals surface area contributed by atoms with E-state index in [9.17, 15) is 13.2 Å². The summed E-state index contributed by atoms with van der Waals surface area (Å²) >= 11 is 11.9. The maximum absolute atomic E-state index is 12.1. The molecule has 0 aromatic heterocycles. The van der Waals surface area contributed by atoms with Crippen LogP contribution in [0, 0.1) is 0 Å². The summed E-state index contributed by atoms with van der Waals surface area (Å²) in [7, 11) is -3.46. The van der Waals surface area contributed by atoms with Crippen LogP contribution in [0.3, 0.4) is 0 Å². The predicted molar refractivity (Wildman–Crippen MR) is 109 cm³/mol. The van der Waals surface area contributed by atoms with Crippen LogP contribution >= 0.6 is 23.2 Å². The van der Waals surface area contributed by atoms with Crippen LogP contribution in [-0.2, 0) is 27.8 Å². The largest absolute Gasteiger partial charge is 0.481 e. The molecule has 2 aromatic rings. The highest BCUT2D eigenvalue weighted by atomic mass is 35.5. The Morgan fingerprint density at radius 2 is 1.74 bits per heavy atom. The lowest BCUT2D eigenvalue weighted by Crippen LogP contribution is -2.29. The fraction of sp³-hybridized carbons (Fsp3) is 0.211. The van der Waals surface area contributed by atoms with Crippen molar-refractivity contribution in [3.63, 3.8) is 0 Å². The first kappa shape index (κ1) is 21.4. The van der Waals surface area contributed by atoms with Crippen LogP contribution < -0.4 is 0 Å². The highest BCUT2D eigenvalue weighted by molar-refractivity contribution is 7.88. The van der Waals surface area contributed by atoms with Crippen molar-refractivity contribution in [2.24, 2.45) is 0 Å². The van der Waals surface area contributed by atoms with Crippen molar-refractivity contribution in [1.29, 1.82) is 0 Å². The number of halogens is 2. The number of hydrogen-bond acceptors (Lipinski definition) is 3. The molecule has 0 spiro atoms. The zero-order chi connectivity index (χ0) is 20.0. The summed E-state index contributed by atoms with van der Waals surface area (Å²) in [5.41, 5.74) is 2.11. The van der Waals surface area contributed by atoms with Gasteiger partial charge in [-0.05, 0) is 34.9 Å². The van der Waals surface area contributed by atoms with E-state index in [4.69, 9.17) is 28.3 Å². The van der Waals surface area contributed by atoms with Gasteiger partial charge in [-0.2, -0.15) is 4.31 Å². The fourth-order valence-electron chi connectivity index (χ4n) is 2.51. The minimum absolute atomic E-state index is 0.109. The molecule has 0 atom stereocenters. The number of benzene rings is 2. The second-order valence-electron chi connectivity index (χ2n) is 6.05. The summed E-state index contributed by atoms with van der Waals surface area (Å²) in [5.74, 6) is -0.935. The van der Waals surface area contributed by atoms with Gasteiger partial charge in [-0.15, -0.1) is 0 Å². The van der Waals surface area contributed by atoms with Gasteiger partial charge in [0.2, 0.25) is 10.0 Å². The van der Waals surface area contributed by atoms with Crippen LogP contribution in [0.25, 0.3) is 6.08 Å². The van der Waals surface area contributed by atoms with E-state index in [1.54, 1.807) is 54.6 Å². The van der Waals surface area contributed by atoms with E-state index < -0.39 is 16.0 Å². The molecule has 0 fully saturated rings. The van der Waals surface area contributed by atoms with Crippen molar-refractivity contribution >= 4 is 45.3 Å². The Labute approximate surface area is 168 Å². The molecule has 2 aromatic carbocycles. The Morgan fingerprint density at radius 1 is 1.11 bits per heavy atom. The van der Waals surface area contributed by atoms with Crippen molar-refractivity contribution in [3.8, 4) is 0 Å². The molecule has 144 valence electrons. The Bertz CT molecular complexity index is 938. The Hall–Kier alpha value is -1.86. The third-order valence-corrected chi connectivity index (χ3v) is 5.33. The van der Waals surface area contributed by atoms with Gasteiger partial charge in [0, 0.05) is 23.1 Å². The summed E-state index contributed by atoms with van der Waals surface area (Å²) in [5, 5.41) is 9.89. The van der Waals surface area contributed by atoms with Crippen LogP contribution in [0.4, 0.5) is 0 Å². The highest BCUT2D eigenvalue weighted by Gasteiger charge is 2.16. The minimum Gasteiger partial charge on any atom is -0.481 e. The van der Waals surface area contributed by atoms with E-state index in [1.807, 2.05) is 0 Å². The maximum atomic E-state index is 12.1. The van der Waals surface area contributed by atoms with Crippen molar-refractivity contribution < 1.29 is 18.3 Å². The second-order valence-corrected chi connectivity index (χ2v) is 8.91. The van der Waals surface area contributed by atoms with Gasteiger partial charge in [-0.1, -0.05) is 59.6 Å². The molecule has 0 saturated heterocycles. The SMILES string of the molecule is CS(=O)(=O)N(CC=Cc1cc(Cl)cc(Cl)c1)Cc1cccc(CC(=O)O)c1. The molecule has 27 heavy (non-hydrogen) atoms. The molecule has 0 bridgehead atoms. The number of carboxylic acids is 1. The van der Waals surface area contributed by atoms with Crippen molar-refractivity contribution in [2.45, 2.75) is 13.0 Å². The lowest BCUT2D eigenvalue weighted by atomic mass is 10.1. The predicted octanol–water partition coefficient (Wildman–Crippen LogP) is 4.10. The monoisotopic (exact) mass is 427 g/mol. The summed E-state index contributed by atoms with van der Waals surface area (Å²) in [6.45, 7) is 0.305. The van der Waals surface area contributed by atoms with E-state index in [2.05, 4.69) is 0 Å². The van der Waals surface area contributed by atoms with E-state index in [0.29, 0.717) is 15.6 Å². The average molecular weight is 428 g/mol. The molecule has 0 aliphatic rings. The Morgan fingerprint density at radius 3 is 2.33 bits per heavy atom. The lowest BCUT2D eigenvalue weighted by molar-refractivity contribution is -0.136. The van der Waals surface area contributed by atoms with Crippen molar-refractivity contribution in [2.75, 3.05) is 12.8 Å². The van der Waals surface area contributed by atoms with Crippen LogP contribution in [0.15, 0.2) is 48.5 Å². The van der Waals surface area contributed by atoms with Crippen LogP contribution in [-0.4, -0.2) is 36.6 Å². The molecule has 8 heteroatoms. The summed E-state index contributed by atoms with van der Waals surface area (Å²) in [4.78, 5) is 10.9. The highest BCUT2D eigenvalue weighted by Crippen LogP contribution is 2.20. The fourth-order valence-corrected chi connectivity index (χ4v) is 3.79. The second kappa shape index (κ2) is 9.37. The molecule has 0 aliphatic carbocycles. The van der Waals surface area contributed by atoms with Crippen molar-refractivity contribution in [1.82, 2.24) is 4.31 Å². The van der Waals surface area contributed by atoms with E-state index in [0.717, 1.165) is 17.4 Å². The molecule has 0 unspecified atom stereocenters. The number of hydrogen-bond donors (Lipinski definition) is 1. The number of carbonyl (C=O) groups is 1. The topological polar surface area (TPSA) is 74.7 Å². The van der Waals surface area contributed by atoms with Crippen LogP contribution in [0.5, 0.6) is 0 Å². The molecular weight excluding hydrogens is 409 g/mol. The van der Waals surface area contributed by atoms with Crippen LogP contribution in [0.2, 0.25) is 10.0 Å². The first-order valence-corrected chi connectivity index (χ1v) is 10.6. The normalized spacial score (nSPS) is 12.0. The van der Waals surface area contributed by atoms with Gasteiger partial charge in [-0.3, -0.25) is 4.79 Å². The first-order valence-electron chi connectivity index (χ1n) is 8.01. The maximum Gasteiger partial charge on any atom is 0.307 e. The first-order chi connectivity index (χ1) is 12.6. The molecule has 2 rings (SSSR count).